The third kappa shape index (κ3) is 4.32. The van der Waals surface area contributed by atoms with Gasteiger partial charge in [-0.1, -0.05) is 17.8 Å². The highest BCUT2D eigenvalue weighted by Gasteiger charge is 2.20. The van der Waals surface area contributed by atoms with Crippen molar-refractivity contribution in [2.24, 2.45) is 0 Å². The fourth-order valence-corrected chi connectivity index (χ4v) is 2.57. The minimum Gasteiger partial charge on any atom is -0.493 e. The molecule has 0 bridgehead atoms. The number of para-hydroxylation sites is 1. The van der Waals surface area contributed by atoms with Gasteiger partial charge in [0, 0.05) is 12.1 Å². The molecular weight excluding hydrogens is 340 g/mol. The second-order valence-electron chi connectivity index (χ2n) is 5.40. The lowest BCUT2D eigenvalue weighted by Gasteiger charge is -2.17. The van der Waals surface area contributed by atoms with E-state index in [4.69, 9.17) is 9.47 Å². The Labute approximate surface area is 150 Å². The topological polar surface area (TPSA) is 91.2 Å². The van der Waals surface area contributed by atoms with Crippen LogP contribution in [0, 0.1) is 11.3 Å². The van der Waals surface area contributed by atoms with Crippen LogP contribution >= 0.6 is 11.8 Å². The summed E-state index contributed by atoms with van der Waals surface area (Å²) < 4.78 is 11.3. The summed E-state index contributed by atoms with van der Waals surface area (Å²) in [4.78, 5) is 21.2. The number of benzene rings is 1. The fraction of sp³-hybridized carbons (Fsp3) is 0.353. The van der Waals surface area contributed by atoms with Crippen LogP contribution in [0.2, 0.25) is 0 Å². The Morgan fingerprint density at radius 3 is 2.76 bits per heavy atom. The standard InChI is InChI=1S/C17H20N4O3S/c1-21(2)8-9-24-15-11(6-5-7-13(15)23-3)14-12(10-18)16(22)20-17(19-14)25-4/h5-7H,8-9H2,1-4H3,(H,19,20,22). The van der Waals surface area contributed by atoms with Crippen LogP contribution in [0.1, 0.15) is 5.56 Å². The van der Waals surface area contributed by atoms with E-state index in [1.807, 2.05) is 25.1 Å². The lowest BCUT2D eigenvalue weighted by molar-refractivity contribution is 0.251. The monoisotopic (exact) mass is 360 g/mol. The number of thioether (sulfide) groups is 1. The van der Waals surface area contributed by atoms with E-state index in [-0.39, 0.29) is 11.3 Å². The smallest absolute Gasteiger partial charge is 0.270 e. The van der Waals surface area contributed by atoms with Gasteiger partial charge in [0.05, 0.1) is 7.11 Å². The van der Waals surface area contributed by atoms with E-state index in [1.165, 1.54) is 11.8 Å². The van der Waals surface area contributed by atoms with Gasteiger partial charge in [-0.3, -0.25) is 4.79 Å². The molecule has 0 aliphatic rings. The second-order valence-corrected chi connectivity index (χ2v) is 6.19. The van der Waals surface area contributed by atoms with Crippen molar-refractivity contribution < 1.29 is 9.47 Å². The first-order valence-corrected chi connectivity index (χ1v) is 8.77. The summed E-state index contributed by atoms with van der Waals surface area (Å²) >= 11 is 1.29. The van der Waals surface area contributed by atoms with Gasteiger partial charge in [-0.05, 0) is 32.5 Å². The first-order valence-electron chi connectivity index (χ1n) is 7.55. The molecule has 0 fully saturated rings. The number of methoxy groups -OCH3 is 1. The van der Waals surface area contributed by atoms with Crippen molar-refractivity contribution in [2.75, 3.05) is 40.6 Å². The molecule has 0 saturated heterocycles. The van der Waals surface area contributed by atoms with Crippen LogP contribution in [0.5, 0.6) is 11.5 Å². The SMILES string of the molecule is COc1cccc(-c2nc(SC)[nH]c(=O)c2C#N)c1OCCN(C)C. The van der Waals surface area contributed by atoms with Gasteiger partial charge in [0.15, 0.2) is 16.7 Å². The number of ether oxygens (including phenoxy) is 2. The predicted molar refractivity (Wildman–Crippen MR) is 97.4 cm³/mol. The molecule has 1 heterocycles. The molecule has 132 valence electrons. The number of hydrogen-bond acceptors (Lipinski definition) is 7. The van der Waals surface area contributed by atoms with Gasteiger partial charge < -0.3 is 19.4 Å². The number of H-pyrrole nitrogens is 1. The molecule has 2 aromatic rings. The largest absolute Gasteiger partial charge is 0.493 e. The molecule has 0 amide bonds. The van der Waals surface area contributed by atoms with Gasteiger partial charge in [-0.25, -0.2) is 4.98 Å². The Bertz CT molecular complexity index is 843. The Morgan fingerprint density at radius 2 is 2.16 bits per heavy atom. The molecule has 0 aliphatic heterocycles. The van der Waals surface area contributed by atoms with Crippen molar-refractivity contribution in [3.63, 3.8) is 0 Å². The average molecular weight is 360 g/mol. The highest BCUT2D eigenvalue weighted by molar-refractivity contribution is 7.98. The zero-order chi connectivity index (χ0) is 18.4. The van der Waals surface area contributed by atoms with Crippen LogP contribution < -0.4 is 15.0 Å². The molecule has 0 radical (unpaired) electrons. The van der Waals surface area contributed by atoms with E-state index in [9.17, 15) is 10.1 Å². The number of nitriles is 1. The zero-order valence-electron chi connectivity index (χ0n) is 14.6. The maximum absolute atomic E-state index is 12.2. The molecule has 1 aromatic heterocycles. The maximum atomic E-state index is 12.2. The van der Waals surface area contributed by atoms with E-state index in [0.29, 0.717) is 35.4 Å². The summed E-state index contributed by atoms with van der Waals surface area (Å²) in [6.45, 7) is 1.14. The van der Waals surface area contributed by atoms with Crippen molar-refractivity contribution in [3.05, 3.63) is 34.1 Å². The van der Waals surface area contributed by atoms with Crippen molar-refractivity contribution in [1.29, 1.82) is 5.26 Å². The van der Waals surface area contributed by atoms with E-state index in [1.54, 1.807) is 31.6 Å². The zero-order valence-corrected chi connectivity index (χ0v) is 15.4. The number of nitrogens with zero attached hydrogens (tertiary/aromatic N) is 3. The van der Waals surface area contributed by atoms with E-state index in [2.05, 4.69) is 9.97 Å². The molecule has 0 saturated carbocycles. The minimum absolute atomic E-state index is 0.0523. The van der Waals surface area contributed by atoms with Crippen LogP contribution in [-0.2, 0) is 0 Å². The number of aromatic nitrogens is 2. The molecule has 1 N–H and O–H groups in total. The van der Waals surface area contributed by atoms with Gasteiger partial charge in [0.25, 0.3) is 5.56 Å². The number of rotatable bonds is 7. The fourth-order valence-electron chi connectivity index (χ4n) is 2.19. The summed E-state index contributed by atoms with van der Waals surface area (Å²) in [6.07, 6.45) is 1.80. The van der Waals surface area contributed by atoms with Gasteiger partial charge in [-0.15, -0.1) is 0 Å². The summed E-state index contributed by atoms with van der Waals surface area (Å²) in [5.41, 5.74) is 0.313. The Kier molecular flexibility index (Phi) is 6.44. The molecule has 2 rings (SSSR count). The summed E-state index contributed by atoms with van der Waals surface area (Å²) in [7, 11) is 5.44. The van der Waals surface area contributed by atoms with E-state index >= 15 is 0 Å². The van der Waals surface area contributed by atoms with Crippen LogP contribution in [0.4, 0.5) is 0 Å². The number of aromatic amines is 1. The van der Waals surface area contributed by atoms with E-state index < -0.39 is 5.56 Å². The first kappa shape index (κ1) is 18.8. The molecule has 0 unspecified atom stereocenters. The van der Waals surface area contributed by atoms with Gasteiger partial charge in [0.2, 0.25) is 0 Å². The van der Waals surface area contributed by atoms with Crippen molar-refractivity contribution >= 4 is 11.8 Å². The number of likely N-dealkylation sites (N-methyl/N-ethyl adjacent to an activating group) is 1. The Morgan fingerprint density at radius 1 is 1.40 bits per heavy atom. The molecule has 0 atom stereocenters. The molecule has 0 spiro atoms. The van der Waals surface area contributed by atoms with E-state index in [0.717, 1.165) is 0 Å². The maximum Gasteiger partial charge on any atom is 0.270 e. The van der Waals surface area contributed by atoms with Crippen LogP contribution in [-0.4, -0.2) is 55.5 Å². The van der Waals surface area contributed by atoms with Gasteiger partial charge >= 0.3 is 0 Å². The summed E-state index contributed by atoms with van der Waals surface area (Å²) in [5, 5.41) is 9.83. The van der Waals surface area contributed by atoms with Gasteiger partial charge in [0.1, 0.15) is 23.9 Å². The molecule has 7 nitrogen and oxygen atoms in total. The predicted octanol–water partition coefficient (Wildman–Crippen LogP) is 1.98. The highest BCUT2D eigenvalue weighted by Crippen LogP contribution is 2.38. The molecule has 1 aromatic carbocycles. The van der Waals surface area contributed by atoms with Crippen molar-refractivity contribution in [2.45, 2.75) is 5.16 Å². The minimum atomic E-state index is -0.473. The average Bonchev–Trinajstić information content (AvgIpc) is 2.60. The molecule has 0 aliphatic carbocycles. The quantitative estimate of drug-likeness (QED) is 0.596. The molecule has 8 heteroatoms. The molecular formula is C17H20N4O3S. The number of hydrogen-bond donors (Lipinski definition) is 1. The van der Waals surface area contributed by atoms with Crippen molar-refractivity contribution in [3.8, 4) is 28.8 Å². The third-order valence-corrected chi connectivity index (χ3v) is 4.02. The van der Waals surface area contributed by atoms with Crippen LogP contribution in [0.15, 0.2) is 28.2 Å². The van der Waals surface area contributed by atoms with Crippen molar-refractivity contribution in [1.82, 2.24) is 14.9 Å². The highest BCUT2D eigenvalue weighted by atomic mass is 32.2. The number of nitrogens with one attached hydrogen (secondary N) is 1. The lowest BCUT2D eigenvalue weighted by atomic mass is 10.1. The van der Waals surface area contributed by atoms with Crippen LogP contribution in [0.3, 0.4) is 0 Å². The second kappa shape index (κ2) is 8.55. The summed E-state index contributed by atoms with van der Waals surface area (Å²) in [5.74, 6) is 0.987. The van der Waals surface area contributed by atoms with Gasteiger partial charge in [-0.2, -0.15) is 5.26 Å². The molecule has 25 heavy (non-hydrogen) atoms. The Balaban J connectivity index is 2.61. The van der Waals surface area contributed by atoms with Crippen LogP contribution in [0.25, 0.3) is 11.3 Å². The first-order chi connectivity index (χ1) is 12.0. The normalized spacial score (nSPS) is 10.6. The Hall–Kier alpha value is -2.50. The third-order valence-electron chi connectivity index (χ3n) is 3.44. The summed E-state index contributed by atoms with van der Waals surface area (Å²) in [6, 6.07) is 7.24. The lowest BCUT2D eigenvalue weighted by Crippen LogP contribution is -2.20.